The van der Waals surface area contributed by atoms with E-state index in [-0.39, 0.29) is 0 Å². The van der Waals surface area contributed by atoms with E-state index >= 15 is 0 Å². The van der Waals surface area contributed by atoms with Crippen LogP contribution in [0.3, 0.4) is 0 Å². The minimum Gasteiger partial charge on any atom is -0.316 e. The predicted octanol–water partition coefficient (Wildman–Crippen LogP) is 2.18. The summed E-state index contributed by atoms with van der Waals surface area (Å²) in [7, 11) is 2.07. The first kappa shape index (κ1) is 11.6. The van der Waals surface area contributed by atoms with Crippen molar-refractivity contribution >= 4 is 0 Å². The molecule has 2 rings (SSSR count). The minimum absolute atomic E-state index is 0.678. The molecule has 0 radical (unpaired) electrons. The van der Waals surface area contributed by atoms with E-state index in [1.807, 2.05) is 0 Å². The fraction of sp³-hybridized carbons (Fsp3) is 0.571. The highest BCUT2D eigenvalue weighted by atomic mass is 15.2. The van der Waals surface area contributed by atoms with Gasteiger partial charge in [0.1, 0.15) is 0 Å². The van der Waals surface area contributed by atoms with Crippen molar-refractivity contribution in [1.29, 1.82) is 0 Å². The molecule has 2 nitrogen and oxygen atoms in total. The molecule has 0 bridgehead atoms. The minimum atomic E-state index is 0.678. The molecule has 1 saturated heterocycles. The molecule has 0 saturated carbocycles. The Morgan fingerprint density at radius 1 is 1.38 bits per heavy atom. The van der Waals surface area contributed by atoms with E-state index in [0.29, 0.717) is 6.04 Å². The molecule has 1 atom stereocenters. The number of piperidine rings is 1. The normalized spacial score (nSPS) is 22.2. The van der Waals surface area contributed by atoms with Crippen LogP contribution in [0.4, 0.5) is 0 Å². The van der Waals surface area contributed by atoms with Crippen molar-refractivity contribution in [2.45, 2.75) is 32.4 Å². The first-order valence-electron chi connectivity index (χ1n) is 6.23. The van der Waals surface area contributed by atoms with Gasteiger partial charge in [0.2, 0.25) is 0 Å². The molecule has 88 valence electrons. The third kappa shape index (κ3) is 2.83. The van der Waals surface area contributed by atoms with Crippen molar-refractivity contribution in [2.24, 2.45) is 0 Å². The van der Waals surface area contributed by atoms with Gasteiger partial charge in [-0.05, 0) is 44.5 Å². The van der Waals surface area contributed by atoms with Gasteiger partial charge in [0.15, 0.2) is 0 Å². The molecule has 1 N–H and O–H groups in total. The number of rotatable bonds is 3. The van der Waals surface area contributed by atoms with Gasteiger partial charge >= 0.3 is 0 Å². The molecule has 0 amide bonds. The van der Waals surface area contributed by atoms with Crippen molar-refractivity contribution in [3.05, 3.63) is 35.4 Å². The first-order chi connectivity index (χ1) is 7.79. The highest BCUT2D eigenvalue weighted by Gasteiger charge is 2.18. The molecule has 1 aromatic rings. The van der Waals surface area contributed by atoms with Gasteiger partial charge in [-0.15, -0.1) is 0 Å². The van der Waals surface area contributed by atoms with E-state index in [1.165, 1.54) is 37.1 Å². The summed E-state index contributed by atoms with van der Waals surface area (Å²) in [6, 6.07) is 9.39. The Balaban J connectivity index is 1.97. The van der Waals surface area contributed by atoms with Gasteiger partial charge in [0.25, 0.3) is 0 Å². The standard InChI is InChI=1S/C14H22N2/c1-12-6-3-4-7-13(12)10-16-9-5-8-14(11-16)15-2/h3-4,6-7,14-15H,5,8-11H2,1-2H3/t14-/m1/s1. The molecule has 0 unspecified atom stereocenters. The Morgan fingerprint density at radius 2 is 2.19 bits per heavy atom. The van der Waals surface area contributed by atoms with Crippen LogP contribution in [-0.4, -0.2) is 31.1 Å². The molecular weight excluding hydrogens is 196 g/mol. The summed E-state index contributed by atoms with van der Waals surface area (Å²) >= 11 is 0. The number of benzene rings is 1. The van der Waals surface area contributed by atoms with Crippen molar-refractivity contribution in [2.75, 3.05) is 20.1 Å². The second kappa shape index (κ2) is 5.46. The number of likely N-dealkylation sites (tertiary alicyclic amines) is 1. The molecule has 0 aromatic heterocycles. The van der Waals surface area contributed by atoms with Crippen molar-refractivity contribution in [1.82, 2.24) is 10.2 Å². The maximum Gasteiger partial charge on any atom is 0.0237 e. The number of aryl methyl sites for hydroxylation is 1. The number of nitrogens with zero attached hydrogens (tertiary/aromatic N) is 1. The largest absolute Gasteiger partial charge is 0.316 e. The zero-order chi connectivity index (χ0) is 11.4. The van der Waals surface area contributed by atoms with Gasteiger partial charge in [0.05, 0.1) is 0 Å². The van der Waals surface area contributed by atoms with Gasteiger partial charge in [-0.2, -0.15) is 0 Å². The molecule has 0 spiro atoms. The van der Waals surface area contributed by atoms with Gasteiger partial charge in [-0.1, -0.05) is 24.3 Å². The number of likely N-dealkylation sites (N-methyl/N-ethyl adjacent to an activating group) is 1. The van der Waals surface area contributed by atoms with Crippen LogP contribution < -0.4 is 5.32 Å². The fourth-order valence-electron chi connectivity index (χ4n) is 2.46. The summed E-state index contributed by atoms with van der Waals surface area (Å²) in [4.78, 5) is 2.56. The van der Waals surface area contributed by atoms with Crippen molar-refractivity contribution in [3.63, 3.8) is 0 Å². The highest BCUT2D eigenvalue weighted by molar-refractivity contribution is 5.25. The van der Waals surface area contributed by atoms with Crippen LogP contribution in [-0.2, 0) is 6.54 Å². The zero-order valence-corrected chi connectivity index (χ0v) is 10.4. The van der Waals surface area contributed by atoms with E-state index in [0.717, 1.165) is 6.54 Å². The number of hydrogen-bond donors (Lipinski definition) is 1. The SMILES string of the molecule is CN[C@@H]1CCCN(Cc2ccccc2C)C1. The maximum atomic E-state index is 3.39. The molecule has 0 aliphatic carbocycles. The Hall–Kier alpha value is -0.860. The van der Waals surface area contributed by atoms with Crippen LogP contribution in [0.25, 0.3) is 0 Å². The Bertz CT molecular complexity index is 335. The third-order valence-electron chi connectivity index (χ3n) is 3.57. The average molecular weight is 218 g/mol. The van der Waals surface area contributed by atoms with Crippen LogP contribution >= 0.6 is 0 Å². The second-order valence-corrected chi connectivity index (χ2v) is 4.79. The van der Waals surface area contributed by atoms with E-state index < -0.39 is 0 Å². The zero-order valence-electron chi connectivity index (χ0n) is 10.4. The van der Waals surface area contributed by atoms with E-state index in [4.69, 9.17) is 0 Å². The van der Waals surface area contributed by atoms with E-state index in [1.54, 1.807) is 0 Å². The van der Waals surface area contributed by atoms with E-state index in [2.05, 4.69) is 48.5 Å². The van der Waals surface area contributed by atoms with Crippen LogP contribution in [0.15, 0.2) is 24.3 Å². The van der Waals surface area contributed by atoms with Crippen LogP contribution in [0, 0.1) is 6.92 Å². The summed E-state index contributed by atoms with van der Waals surface area (Å²) in [5.41, 5.74) is 2.88. The molecule has 16 heavy (non-hydrogen) atoms. The van der Waals surface area contributed by atoms with Crippen molar-refractivity contribution in [3.8, 4) is 0 Å². The number of nitrogens with one attached hydrogen (secondary N) is 1. The molecule has 1 aliphatic heterocycles. The van der Waals surface area contributed by atoms with Gasteiger partial charge in [-0.25, -0.2) is 0 Å². The van der Waals surface area contributed by atoms with Gasteiger partial charge in [-0.3, -0.25) is 4.90 Å². The van der Waals surface area contributed by atoms with E-state index in [9.17, 15) is 0 Å². The Labute approximate surface area is 98.7 Å². The summed E-state index contributed by atoms with van der Waals surface area (Å²) < 4.78 is 0. The van der Waals surface area contributed by atoms with Gasteiger partial charge in [0, 0.05) is 19.1 Å². The molecule has 1 aliphatic rings. The van der Waals surface area contributed by atoms with Crippen LogP contribution in [0.1, 0.15) is 24.0 Å². The quantitative estimate of drug-likeness (QED) is 0.836. The molecule has 2 heteroatoms. The Kier molecular flexibility index (Phi) is 3.97. The Morgan fingerprint density at radius 3 is 2.94 bits per heavy atom. The summed E-state index contributed by atoms with van der Waals surface area (Å²) in [6.45, 7) is 5.73. The molecule has 1 heterocycles. The summed E-state index contributed by atoms with van der Waals surface area (Å²) in [5.74, 6) is 0. The lowest BCUT2D eigenvalue weighted by Gasteiger charge is -2.32. The maximum absolute atomic E-state index is 3.39. The molecule has 1 aromatic carbocycles. The number of hydrogen-bond acceptors (Lipinski definition) is 2. The lowest BCUT2D eigenvalue weighted by atomic mass is 10.0. The third-order valence-corrected chi connectivity index (χ3v) is 3.57. The van der Waals surface area contributed by atoms with Crippen LogP contribution in [0.2, 0.25) is 0 Å². The first-order valence-corrected chi connectivity index (χ1v) is 6.23. The monoisotopic (exact) mass is 218 g/mol. The predicted molar refractivity (Wildman–Crippen MR) is 68.5 cm³/mol. The fourth-order valence-corrected chi connectivity index (χ4v) is 2.46. The lowest BCUT2D eigenvalue weighted by molar-refractivity contribution is 0.187. The smallest absolute Gasteiger partial charge is 0.0237 e. The summed E-state index contributed by atoms with van der Waals surface area (Å²) in [5, 5.41) is 3.39. The average Bonchev–Trinajstić information content (AvgIpc) is 2.32. The second-order valence-electron chi connectivity index (χ2n) is 4.79. The lowest BCUT2D eigenvalue weighted by Crippen LogP contribution is -2.43. The molecule has 1 fully saturated rings. The highest BCUT2D eigenvalue weighted by Crippen LogP contribution is 2.15. The molecular formula is C14H22N2. The topological polar surface area (TPSA) is 15.3 Å². The summed E-state index contributed by atoms with van der Waals surface area (Å²) in [6.07, 6.45) is 2.64. The van der Waals surface area contributed by atoms with Crippen molar-refractivity contribution < 1.29 is 0 Å². The van der Waals surface area contributed by atoms with Crippen LogP contribution in [0.5, 0.6) is 0 Å². The van der Waals surface area contributed by atoms with Gasteiger partial charge < -0.3 is 5.32 Å².